The van der Waals surface area contributed by atoms with E-state index in [4.69, 9.17) is 16.9 Å². The van der Waals surface area contributed by atoms with Gasteiger partial charge in [-0.15, -0.1) is 0 Å². The lowest BCUT2D eigenvalue weighted by Crippen LogP contribution is -2.12. The third kappa shape index (κ3) is 3.28. The molecule has 0 saturated carbocycles. The molecule has 0 radical (unpaired) electrons. The molecular weight excluding hydrogens is 282 g/mol. The Hall–Kier alpha value is -1.97. The maximum atomic E-state index is 8.65. The zero-order valence-electron chi connectivity index (χ0n) is 10.0. The van der Waals surface area contributed by atoms with Gasteiger partial charge in [-0.3, -0.25) is 5.32 Å². The van der Waals surface area contributed by atoms with Gasteiger partial charge in [0.25, 0.3) is 0 Å². The van der Waals surface area contributed by atoms with Crippen molar-refractivity contribution in [3.63, 3.8) is 0 Å². The van der Waals surface area contributed by atoms with Crippen molar-refractivity contribution >= 4 is 34.2 Å². The number of nitrogens with one attached hydrogen (secondary N) is 1. The molecule has 1 aromatic heterocycles. The zero-order chi connectivity index (χ0) is 13.7. The van der Waals surface area contributed by atoms with Crippen molar-refractivity contribution in [1.82, 2.24) is 15.1 Å². The van der Waals surface area contributed by atoms with E-state index in [0.717, 1.165) is 5.69 Å². The molecule has 0 saturated heterocycles. The number of amidine groups is 1. The van der Waals surface area contributed by atoms with E-state index in [1.54, 1.807) is 23.0 Å². The van der Waals surface area contributed by atoms with Crippen LogP contribution in [0.4, 0.5) is 5.69 Å². The SMILES string of the molecule is CSC(=Nc1cc(Cl)ccc1-n1cccn1)NC#N. The largest absolute Gasteiger partial charge is 0.271 e. The molecule has 0 amide bonds. The number of rotatable bonds is 2. The van der Waals surface area contributed by atoms with Gasteiger partial charge >= 0.3 is 0 Å². The summed E-state index contributed by atoms with van der Waals surface area (Å²) in [5.41, 5.74) is 1.43. The normalized spacial score (nSPS) is 11.1. The minimum atomic E-state index is 0.498. The first-order valence-corrected chi connectivity index (χ1v) is 6.92. The summed E-state index contributed by atoms with van der Waals surface area (Å²) in [5, 5.41) is 16.4. The van der Waals surface area contributed by atoms with Crippen LogP contribution in [0.25, 0.3) is 5.69 Å². The molecule has 19 heavy (non-hydrogen) atoms. The molecule has 7 heteroatoms. The fourth-order valence-electron chi connectivity index (χ4n) is 1.47. The second-order valence-electron chi connectivity index (χ2n) is 3.44. The van der Waals surface area contributed by atoms with E-state index in [-0.39, 0.29) is 0 Å². The molecule has 0 aliphatic heterocycles. The highest BCUT2D eigenvalue weighted by Crippen LogP contribution is 2.27. The molecular formula is C12H10ClN5S. The lowest BCUT2D eigenvalue weighted by molar-refractivity contribution is 0.880. The van der Waals surface area contributed by atoms with Crippen molar-refractivity contribution in [3.05, 3.63) is 41.7 Å². The summed E-state index contributed by atoms with van der Waals surface area (Å²) in [6.07, 6.45) is 7.19. The maximum absolute atomic E-state index is 8.65. The van der Waals surface area contributed by atoms with Gasteiger partial charge < -0.3 is 0 Å². The number of nitrogens with zero attached hydrogens (tertiary/aromatic N) is 4. The number of nitriles is 1. The Morgan fingerprint density at radius 3 is 3.05 bits per heavy atom. The number of benzene rings is 1. The molecule has 2 rings (SSSR count). The second-order valence-corrected chi connectivity index (χ2v) is 4.67. The third-order valence-corrected chi connectivity index (χ3v) is 3.08. The molecule has 1 aromatic carbocycles. The summed E-state index contributed by atoms with van der Waals surface area (Å²) < 4.78 is 1.69. The Bertz CT molecular complexity index is 630. The lowest BCUT2D eigenvalue weighted by atomic mass is 10.2. The summed E-state index contributed by atoms with van der Waals surface area (Å²) in [5.74, 6) is 0. The van der Waals surface area contributed by atoms with Crippen LogP contribution in [0.5, 0.6) is 0 Å². The van der Waals surface area contributed by atoms with Gasteiger partial charge in [0.05, 0.1) is 11.4 Å². The average molecular weight is 292 g/mol. The van der Waals surface area contributed by atoms with Gasteiger partial charge in [0.15, 0.2) is 11.4 Å². The number of hydrogen-bond acceptors (Lipinski definition) is 4. The van der Waals surface area contributed by atoms with Crippen molar-refractivity contribution in [2.75, 3.05) is 6.26 Å². The number of hydrogen-bond donors (Lipinski definition) is 1. The lowest BCUT2D eigenvalue weighted by Gasteiger charge is -2.07. The summed E-state index contributed by atoms with van der Waals surface area (Å²) in [4.78, 5) is 4.38. The van der Waals surface area contributed by atoms with Gasteiger partial charge in [0, 0.05) is 17.4 Å². The Balaban J connectivity index is 2.50. The topological polar surface area (TPSA) is 66.0 Å². The van der Waals surface area contributed by atoms with Gasteiger partial charge in [-0.2, -0.15) is 10.4 Å². The molecule has 1 heterocycles. The predicted molar refractivity (Wildman–Crippen MR) is 77.9 cm³/mol. The van der Waals surface area contributed by atoms with E-state index in [0.29, 0.717) is 15.9 Å². The van der Waals surface area contributed by atoms with Crippen LogP contribution in [0, 0.1) is 11.5 Å². The molecule has 0 spiro atoms. The van der Waals surface area contributed by atoms with Gasteiger partial charge in [-0.25, -0.2) is 9.67 Å². The van der Waals surface area contributed by atoms with E-state index < -0.39 is 0 Å². The first-order valence-electron chi connectivity index (χ1n) is 5.32. The van der Waals surface area contributed by atoms with E-state index in [1.807, 2.05) is 30.8 Å². The van der Waals surface area contributed by atoms with Crippen LogP contribution in [0.3, 0.4) is 0 Å². The van der Waals surface area contributed by atoms with Crippen LogP contribution < -0.4 is 5.32 Å². The van der Waals surface area contributed by atoms with E-state index in [9.17, 15) is 0 Å². The molecule has 1 N–H and O–H groups in total. The van der Waals surface area contributed by atoms with E-state index in [1.165, 1.54) is 11.8 Å². The molecule has 0 aliphatic rings. The smallest absolute Gasteiger partial charge is 0.183 e. The number of halogens is 1. The molecule has 0 bridgehead atoms. The first-order chi connectivity index (χ1) is 9.24. The van der Waals surface area contributed by atoms with Gasteiger partial charge in [-0.1, -0.05) is 23.4 Å². The zero-order valence-corrected chi connectivity index (χ0v) is 11.6. The van der Waals surface area contributed by atoms with Crippen molar-refractivity contribution in [1.29, 1.82) is 5.26 Å². The minimum absolute atomic E-state index is 0.498. The molecule has 0 atom stereocenters. The molecule has 2 aromatic rings. The third-order valence-electron chi connectivity index (χ3n) is 2.27. The monoisotopic (exact) mass is 291 g/mol. The van der Waals surface area contributed by atoms with Crippen molar-refractivity contribution in [2.45, 2.75) is 0 Å². The standard InChI is InChI=1S/C12H10ClN5S/c1-19-12(15-8-14)17-10-7-9(13)3-4-11(10)18-6-2-5-16-18/h2-7H,1H3,(H,15,17). The maximum Gasteiger partial charge on any atom is 0.183 e. The molecule has 0 unspecified atom stereocenters. The van der Waals surface area contributed by atoms with Gasteiger partial charge in [0.2, 0.25) is 0 Å². The summed E-state index contributed by atoms with van der Waals surface area (Å²) in [7, 11) is 0. The number of aromatic nitrogens is 2. The second kappa shape index (κ2) is 6.27. The van der Waals surface area contributed by atoms with Crippen LogP contribution >= 0.6 is 23.4 Å². The van der Waals surface area contributed by atoms with Crippen LogP contribution in [0.1, 0.15) is 0 Å². The van der Waals surface area contributed by atoms with Crippen molar-refractivity contribution in [3.8, 4) is 11.9 Å². The summed E-state index contributed by atoms with van der Waals surface area (Å²) in [6.45, 7) is 0. The Kier molecular flexibility index (Phi) is 4.44. The van der Waals surface area contributed by atoms with Crippen molar-refractivity contribution < 1.29 is 0 Å². The molecule has 0 aliphatic carbocycles. The van der Waals surface area contributed by atoms with Crippen LogP contribution in [0.15, 0.2) is 41.7 Å². The fraction of sp³-hybridized carbons (Fsp3) is 0.0833. The Morgan fingerprint density at radius 2 is 2.42 bits per heavy atom. The highest BCUT2D eigenvalue weighted by Gasteiger charge is 2.06. The number of thioether (sulfide) groups is 1. The Labute approximate surface area is 119 Å². The highest BCUT2D eigenvalue weighted by molar-refractivity contribution is 8.13. The summed E-state index contributed by atoms with van der Waals surface area (Å²) >= 11 is 7.34. The molecule has 96 valence electrons. The van der Waals surface area contributed by atoms with E-state index in [2.05, 4.69) is 15.4 Å². The van der Waals surface area contributed by atoms with Crippen LogP contribution in [0.2, 0.25) is 5.02 Å². The van der Waals surface area contributed by atoms with Gasteiger partial charge in [0.1, 0.15) is 0 Å². The average Bonchev–Trinajstić information content (AvgIpc) is 2.92. The van der Waals surface area contributed by atoms with Crippen LogP contribution in [-0.4, -0.2) is 21.2 Å². The molecule has 5 nitrogen and oxygen atoms in total. The quantitative estimate of drug-likeness (QED) is 0.400. The first kappa shape index (κ1) is 13.5. The summed E-state index contributed by atoms with van der Waals surface area (Å²) in [6, 6.07) is 7.16. The Morgan fingerprint density at radius 1 is 1.58 bits per heavy atom. The van der Waals surface area contributed by atoms with Crippen molar-refractivity contribution in [2.24, 2.45) is 4.99 Å². The van der Waals surface area contributed by atoms with E-state index >= 15 is 0 Å². The van der Waals surface area contributed by atoms with Crippen LogP contribution in [-0.2, 0) is 0 Å². The predicted octanol–water partition coefficient (Wildman–Crippen LogP) is 2.95. The van der Waals surface area contributed by atoms with Gasteiger partial charge in [-0.05, 0) is 30.5 Å². The fourth-order valence-corrected chi connectivity index (χ4v) is 1.98. The number of aliphatic imine (C=N–C) groups is 1. The molecule has 0 fully saturated rings. The minimum Gasteiger partial charge on any atom is -0.271 e. The highest BCUT2D eigenvalue weighted by atomic mass is 35.5.